The van der Waals surface area contributed by atoms with E-state index in [9.17, 15) is 9.90 Å². The van der Waals surface area contributed by atoms with Crippen LogP contribution in [0.1, 0.15) is 38.7 Å². The van der Waals surface area contributed by atoms with Crippen molar-refractivity contribution in [1.29, 1.82) is 0 Å². The number of nitrogens with zero attached hydrogens (tertiary/aromatic N) is 6. The molecule has 11 heteroatoms. The van der Waals surface area contributed by atoms with Crippen LogP contribution in [-0.2, 0) is 9.53 Å². The molecule has 2 fully saturated rings. The number of amides is 1. The van der Waals surface area contributed by atoms with Crippen molar-refractivity contribution in [1.82, 2.24) is 24.8 Å². The zero-order chi connectivity index (χ0) is 26.8. The van der Waals surface area contributed by atoms with Crippen LogP contribution in [-0.4, -0.2) is 88.0 Å². The largest absolute Gasteiger partial charge is 0.477 e. The van der Waals surface area contributed by atoms with Gasteiger partial charge in [-0.1, -0.05) is 13.8 Å². The number of likely N-dealkylation sites (tertiary alicyclic amines) is 1. The van der Waals surface area contributed by atoms with Crippen molar-refractivity contribution in [2.45, 2.75) is 45.3 Å². The summed E-state index contributed by atoms with van der Waals surface area (Å²) in [6.07, 6.45) is 5.29. The van der Waals surface area contributed by atoms with Crippen LogP contribution in [0.3, 0.4) is 0 Å². The highest BCUT2D eigenvalue weighted by Gasteiger charge is 2.30. The molecular formula is C27H35N7O4. The fraction of sp³-hybridized carbons (Fsp3) is 0.519. The van der Waals surface area contributed by atoms with E-state index >= 15 is 0 Å². The SMILES string of the molecule is CO[C@@H]1CCN(c2nccc(Nc3cc4c(C(C)C)cnc(OCC5CN(C(C)=O)C5)c4cn3)n2)C[C@@H]1O. The molecule has 5 heterocycles. The van der Waals surface area contributed by atoms with Gasteiger partial charge in [0.05, 0.1) is 24.2 Å². The Morgan fingerprint density at radius 3 is 2.68 bits per heavy atom. The summed E-state index contributed by atoms with van der Waals surface area (Å²) >= 11 is 0. The fourth-order valence-corrected chi connectivity index (χ4v) is 4.97. The molecule has 2 N–H and O–H groups in total. The van der Waals surface area contributed by atoms with Crippen molar-refractivity contribution in [2.24, 2.45) is 5.92 Å². The van der Waals surface area contributed by atoms with E-state index < -0.39 is 6.10 Å². The van der Waals surface area contributed by atoms with Gasteiger partial charge in [0.25, 0.3) is 0 Å². The maximum absolute atomic E-state index is 11.5. The highest BCUT2D eigenvalue weighted by atomic mass is 16.5. The summed E-state index contributed by atoms with van der Waals surface area (Å²) in [7, 11) is 1.62. The number of anilines is 3. The van der Waals surface area contributed by atoms with Gasteiger partial charge in [-0.2, -0.15) is 4.98 Å². The first-order chi connectivity index (χ1) is 18.3. The average molecular weight is 522 g/mol. The lowest BCUT2D eigenvalue weighted by Crippen LogP contribution is -2.51. The summed E-state index contributed by atoms with van der Waals surface area (Å²) in [4.78, 5) is 33.5. The predicted molar refractivity (Wildman–Crippen MR) is 144 cm³/mol. The number of piperidine rings is 1. The van der Waals surface area contributed by atoms with E-state index in [-0.39, 0.29) is 17.9 Å². The molecular weight excluding hydrogens is 486 g/mol. The minimum absolute atomic E-state index is 0.0967. The van der Waals surface area contributed by atoms with E-state index in [1.165, 1.54) is 0 Å². The van der Waals surface area contributed by atoms with Crippen LogP contribution in [0.5, 0.6) is 5.88 Å². The van der Waals surface area contributed by atoms with Gasteiger partial charge in [0.2, 0.25) is 17.7 Å². The van der Waals surface area contributed by atoms with E-state index in [1.807, 2.05) is 22.1 Å². The van der Waals surface area contributed by atoms with Gasteiger partial charge in [0.1, 0.15) is 11.6 Å². The molecule has 2 aliphatic heterocycles. The highest BCUT2D eigenvalue weighted by Crippen LogP contribution is 2.32. The molecule has 0 bridgehead atoms. The molecule has 2 saturated heterocycles. The van der Waals surface area contributed by atoms with Crippen molar-refractivity contribution >= 4 is 34.3 Å². The van der Waals surface area contributed by atoms with Crippen LogP contribution >= 0.6 is 0 Å². The van der Waals surface area contributed by atoms with E-state index in [0.717, 1.165) is 16.3 Å². The van der Waals surface area contributed by atoms with Crippen molar-refractivity contribution in [2.75, 3.05) is 50.1 Å². The van der Waals surface area contributed by atoms with Crippen LogP contribution in [0, 0.1) is 5.92 Å². The van der Waals surface area contributed by atoms with Crippen LogP contribution in [0.25, 0.3) is 10.8 Å². The molecule has 5 rings (SSSR count). The molecule has 38 heavy (non-hydrogen) atoms. The topological polar surface area (TPSA) is 126 Å². The van der Waals surface area contributed by atoms with Gasteiger partial charge in [-0.25, -0.2) is 15.0 Å². The third-order valence-electron chi connectivity index (χ3n) is 7.25. The van der Waals surface area contributed by atoms with Gasteiger partial charge in [-0.3, -0.25) is 4.79 Å². The highest BCUT2D eigenvalue weighted by molar-refractivity contribution is 5.91. The van der Waals surface area contributed by atoms with Gasteiger partial charge in [-0.05, 0) is 35.4 Å². The van der Waals surface area contributed by atoms with Crippen molar-refractivity contribution in [3.63, 3.8) is 0 Å². The monoisotopic (exact) mass is 521 g/mol. The molecule has 1 amide bonds. The number of carbonyl (C=O) groups is 1. The van der Waals surface area contributed by atoms with Gasteiger partial charge in [0, 0.05) is 64.7 Å². The Morgan fingerprint density at radius 1 is 1.16 bits per heavy atom. The maximum atomic E-state index is 11.5. The molecule has 0 saturated carbocycles. The molecule has 202 valence electrons. The summed E-state index contributed by atoms with van der Waals surface area (Å²) in [5.74, 6) is 3.02. The Labute approximate surface area is 222 Å². The summed E-state index contributed by atoms with van der Waals surface area (Å²) in [5.41, 5.74) is 1.10. The number of aliphatic hydroxyl groups excluding tert-OH is 1. The second kappa shape index (κ2) is 11.0. The fourth-order valence-electron chi connectivity index (χ4n) is 4.97. The molecule has 2 atom stereocenters. The van der Waals surface area contributed by atoms with Crippen molar-refractivity contribution in [3.05, 3.63) is 36.3 Å². The number of aromatic nitrogens is 4. The molecule has 0 unspecified atom stereocenters. The lowest BCUT2D eigenvalue weighted by molar-refractivity contribution is -0.135. The van der Waals surface area contributed by atoms with Crippen LogP contribution < -0.4 is 15.0 Å². The summed E-state index contributed by atoms with van der Waals surface area (Å²) in [5, 5.41) is 15.5. The van der Waals surface area contributed by atoms with Gasteiger partial charge >= 0.3 is 0 Å². The number of nitrogens with one attached hydrogen (secondary N) is 1. The maximum Gasteiger partial charge on any atom is 0.227 e. The third kappa shape index (κ3) is 5.48. The normalized spacial score (nSPS) is 20.1. The summed E-state index contributed by atoms with van der Waals surface area (Å²) < 4.78 is 11.4. The second-order valence-corrected chi connectivity index (χ2v) is 10.3. The average Bonchev–Trinajstić information content (AvgIpc) is 2.87. The molecule has 0 aromatic carbocycles. The Balaban J connectivity index is 1.33. The number of carbonyl (C=O) groups excluding carboxylic acids is 1. The lowest BCUT2D eigenvalue weighted by atomic mass is 9.99. The van der Waals surface area contributed by atoms with E-state index in [0.29, 0.717) is 68.6 Å². The molecule has 0 radical (unpaired) electrons. The molecule has 3 aromatic rings. The quantitative estimate of drug-likeness (QED) is 0.457. The zero-order valence-electron chi connectivity index (χ0n) is 22.3. The Hall–Kier alpha value is -3.57. The van der Waals surface area contributed by atoms with Gasteiger partial charge in [-0.15, -0.1) is 0 Å². The number of hydrogen-bond acceptors (Lipinski definition) is 10. The van der Waals surface area contributed by atoms with Crippen LogP contribution in [0.15, 0.2) is 30.7 Å². The third-order valence-corrected chi connectivity index (χ3v) is 7.25. The van der Waals surface area contributed by atoms with Gasteiger partial charge in [0.15, 0.2) is 0 Å². The van der Waals surface area contributed by atoms with Crippen LogP contribution in [0.4, 0.5) is 17.6 Å². The van der Waals surface area contributed by atoms with Crippen LogP contribution in [0.2, 0.25) is 0 Å². The molecule has 3 aromatic heterocycles. The number of methoxy groups -OCH3 is 1. The van der Waals surface area contributed by atoms with Crippen molar-refractivity contribution in [3.8, 4) is 5.88 Å². The first kappa shape index (κ1) is 26.1. The minimum Gasteiger partial charge on any atom is -0.477 e. The number of ether oxygens (including phenoxy) is 2. The molecule has 0 aliphatic carbocycles. The Bertz CT molecular complexity index is 1300. The lowest BCUT2D eigenvalue weighted by Gasteiger charge is -2.38. The van der Waals surface area contributed by atoms with Crippen molar-refractivity contribution < 1.29 is 19.4 Å². The predicted octanol–water partition coefficient (Wildman–Crippen LogP) is 2.73. The van der Waals surface area contributed by atoms with E-state index in [1.54, 1.807) is 32.5 Å². The number of aliphatic hydroxyl groups is 1. The Kier molecular flexibility index (Phi) is 7.57. The minimum atomic E-state index is -0.590. The molecule has 0 spiro atoms. The van der Waals surface area contributed by atoms with Gasteiger partial charge < -0.3 is 29.7 Å². The van der Waals surface area contributed by atoms with E-state index in [4.69, 9.17) is 9.47 Å². The second-order valence-electron chi connectivity index (χ2n) is 10.3. The smallest absolute Gasteiger partial charge is 0.227 e. The number of β-amino-alcohol motifs (C(OH)–C–C–N with tert-alkyl or cyclic N) is 1. The molecule has 11 nitrogen and oxygen atoms in total. The molecule has 2 aliphatic rings. The first-order valence-electron chi connectivity index (χ1n) is 13.0. The summed E-state index contributed by atoms with van der Waals surface area (Å²) in [6, 6.07) is 3.79. The van der Waals surface area contributed by atoms with E-state index in [2.05, 4.69) is 39.1 Å². The number of hydrogen-bond donors (Lipinski definition) is 2. The standard InChI is InChI=1S/C27H35N7O4/c1-16(2)20-10-30-26(38-15-18-12-34(13-18)17(3)35)21-11-29-25(9-19(20)21)31-24-5-7-28-27(32-24)33-8-6-23(37-4)22(36)14-33/h5,7,9-11,16,18,22-23,36H,6,8,12-15H2,1-4H3,(H,28,29,31,32)/t22-,23+/m0/s1. The summed E-state index contributed by atoms with van der Waals surface area (Å²) in [6.45, 7) is 8.91. The zero-order valence-corrected chi connectivity index (χ0v) is 22.3. The Morgan fingerprint density at radius 2 is 1.97 bits per heavy atom. The number of pyridine rings is 2. The number of fused-ring (bicyclic) bond motifs is 1. The first-order valence-corrected chi connectivity index (χ1v) is 13.0. The number of rotatable bonds is 8.